The molecule has 0 bridgehead atoms. The van der Waals surface area contributed by atoms with Gasteiger partial charge >= 0.3 is 0 Å². The third-order valence-electron chi connectivity index (χ3n) is 3.54. The lowest BCUT2D eigenvalue weighted by Gasteiger charge is -2.07. The summed E-state index contributed by atoms with van der Waals surface area (Å²) in [6.45, 7) is 0. The van der Waals surface area contributed by atoms with Crippen LogP contribution in [-0.2, 0) is 12.8 Å². The first-order valence-electron chi connectivity index (χ1n) is 7.05. The molecule has 6 heteroatoms. The Morgan fingerprint density at radius 3 is 2.77 bits per heavy atom. The van der Waals surface area contributed by atoms with E-state index in [1.807, 2.05) is 30.3 Å². The van der Waals surface area contributed by atoms with Crippen molar-refractivity contribution in [3.63, 3.8) is 0 Å². The number of benzene rings is 1. The van der Waals surface area contributed by atoms with Crippen molar-refractivity contribution in [1.29, 1.82) is 0 Å². The fourth-order valence-corrected chi connectivity index (χ4v) is 2.47. The highest BCUT2D eigenvalue weighted by Crippen LogP contribution is 2.21. The molecule has 0 amide bonds. The molecule has 1 atom stereocenters. The molecule has 2 N–H and O–H groups in total. The Morgan fingerprint density at radius 1 is 1.23 bits per heavy atom. The number of halogens is 1. The normalized spacial score (nSPS) is 12.5. The molecule has 3 aromatic rings. The fourth-order valence-electron chi connectivity index (χ4n) is 2.35. The monoisotopic (exact) mass is 317 g/mol. The van der Waals surface area contributed by atoms with Crippen LogP contribution in [0, 0.1) is 0 Å². The first kappa shape index (κ1) is 14.8. The van der Waals surface area contributed by atoms with E-state index in [4.69, 9.17) is 16.0 Å². The highest BCUT2D eigenvalue weighted by Gasteiger charge is 2.14. The van der Waals surface area contributed by atoms with Crippen LogP contribution in [0.1, 0.15) is 35.2 Å². The van der Waals surface area contributed by atoms with Crippen molar-refractivity contribution < 1.29 is 9.52 Å². The highest BCUT2D eigenvalue weighted by molar-refractivity contribution is 6.30. The number of nitrogens with zero attached hydrogens (tertiary/aromatic N) is 2. The first-order valence-corrected chi connectivity index (χ1v) is 7.43. The van der Waals surface area contributed by atoms with E-state index >= 15 is 0 Å². The zero-order valence-electron chi connectivity index (χ0n) is 11.9. The number of aliphatic hydroxyl groups is 1. The van der Waals surface area contributed by atoms with Gasteiger partial charge in [0.25, 0.3) is 0 Å². The van der Waals surface area contributed by atoms with Crippen molar-refractivity contribution in [3.05, 3.63) is 70.7 Å². The molecule has 0 fully saturated rings. The summed E-state index contributed by atoms with van der Waals surface area (Å²) in [6, 6.07) is 9.73. The van der Waals surface area contributed by atoms with Crippen molar-refractivity contribution in [2.45, 2.75) is 25.4 Å². The average molecular weight is 318 g/mol. The molecule has 1 aromatic carbocycles. The second kappa shape index (κ2) is 6.77. The molecule has 3 rings (SSSR count). The molecule has 2 aromatic heterocycles. The zero-order chi connectivity index (χ0) is 15.4. The van der Waals surface area contributed by atoms with Gasteiger partial charge in [-0.25, -0.2) is 4.98 Å². The molecule has 5 nitrogen and oxygen atoms in total. The summed E-state index contributed by atoms with van der Waals surface area (Å²) < 4.78 is 5.54. The van der Waals surface area contributed by atoms with Gasteiger partial charge in [-0.2, -0.15) is 5.10 Å². The molecule has 0 aliphatic carbocycles. The lowest BCUT2D eigenvalue weighted by molar-refractivity contribution is 0.156. The van der Waals surface area contributed by atoms with E-state index in [9.17, 15) is 5.11 Å². The molecular formula is C16H16ClN3O2. The van der Waals surface area contributed by atoms with E-state index in [2.05, 4.69) is 15.2 Å². The molecule has 0 aliphatic heterocycles. The Hall–Kier alpha value is -2.11. The molecule has 0 saturated carbocycles. The van der Waals surface area contributed by atoms with Crippen LogP contribution < -0.4 is 0 Å². The number of nitrogens with one attached hydrogen (secondary N) is 1. The standard InChI is InChI=1S/C16H16ClN3O2/c17-13-3-1-11(2-4-13)9-12-7-8-22-15(12)6-5-14(21)16-18-10-19-20-16/h1-4,7-8,10,14,21H,5-6,9H2,(H,18,19,20). The maximum absolute atomic E-state index is 10.0. The molecule has 1 unspecified atom stereocenters. The van der Waals surface area contributed by atoms with Crippen LogP contribution in [0.3, 0.4) is 0 Å². The number of hydrogen-bond donors (Lipinski definition) is 2. The maximum Gasteiger partial charge on any atom is 0.153 e. The highest BCUT2D eigenvalue weighted by atomic mass is 35.5. The molecule has 0 spiro atoms. The molecule has 22 heavy (non-hydrogen) atoms. The summed E-state index contributed by atoms with van der Waals surface area (Å²) in [5, 5.41) is 17.2. The molecule has 0 aliphatic rings. The summed E-state index contributed by atoms with van der Waals surface area (Å²) in [6.07, 6.45) is 4.34. The van der Waals surface area contributed by atoms with Crippen LogP contribution in [0.25, 0.3) is 0 Å². The van der Waals surface area contributed by atoms with E-state index in [1.54, 1.807) is 6.26 Å². The second-order valence-electron chi connectivity index (χ2n) is 5.10. The van der Waals surface area contributed by atoms with Crippen LogP contribution in [0.5, 0.6) is 0 Å². The third-order valence-corrected chi connectivity index (χ3v) is 3.79. The zero-order valence-corrected chi connectivity index (χ0v) is 12.6. The van der Waals surface area contributed by atoms with E-state index < -0.39 is 6.10 Å². The molecule has 2 heterocycles. The predicted octanol–water partition coefficient (Wildman–Crippen LogP) is 3.31. The lowest BCUT2D eigenvalue weighted by Crippen LogP contribution is -2.02. The summed E-state index contributed by atoms with van der Waals surface area (Å²) in [7, 11) is 0. The van der Waals surface area contributed by atoms with E-state index in [0.717, 1.165) is 22.8 Å². The van der Waals surface area contributed by atoms with Gasteiger partial charge in [-0.05, 0) is 35.7 Å². The number of aliphatic hydroxyl groups excluding tert-OH is 1. The van der Waals surface area contributed by atoms with Gasteiger partial charge in [-0.3, -0.25) is 5.10 Å². The third kappa shape index (κ3) is 3.55. The smallest absolute Gasteiger partial charge is 0.153 e. The van der Waals surface area contributed by atoms with Gasteiger partial charge in [0, 0.05) is 17.9 Å². The number of H-pyrrole nitrogens is 1. The van der Waals surface area contributed by atoms with E-state index in [0.29, 0.717) is 18.7 Å². The Balaban J connectivity index is 1.63. The average Bonchev–Trinajstić information content (AvgIpc) is 3.19. The number of aromatic amines is 1. The molecule has 114 valence electrons. The molecule has 0 saturated heterocycles. The summed E-state index contributed by atoms with van der Waals surface area (Å²) >= 11 is 5.90. The van der Waals surface area contributed by atoms with Gasteiger partial charge in [0.05, 0.1) is 6.26 Å². The van der Waals surface area contributed by atoms with E-state index in [1.165, 1.54) is 11.9 Å². The van der Waals surface area contributed by atoms with Crippen LogP contribution >= 0.6 is 11.6 Å². The molecule has 0 radical (unpaired) electrons. The van der Waals surface area contributed by atoms with Gasteiger partial charge in [0.15, 0.2) is 5.82 Å². The van der Waals surface area contributed by atoms with Crippen LogP contribution in [-0.4, -0.2) is 20.3 Å². The minimum absolute atomic E-state index is 0.478. The Kier molecular flexibility index (Phi) is 4.56. The van der Waals surface area contributed by atoms with Crippen molar-refractivity contribution in [3.8, 4) is 0 Å². The Morgan fingerprint density at radius 2 is 2.05 bits per heavy atom. The van der Waals surface area contributed by atoms with Crippen molar-refractivity contribution in [1.82, 2.24) is 15.2 Å². The van der Waals surface area contributed by atoms with Gasteiger partial charge in [0.1, 0.15) is 18.2 Å². The van der Waals surface area contributed by atoms with Gasteiger partial charge in [0.2, 0.25) is 0 Å². The summed E-state index contributed by atoms with van der Waals surface area (Å²) in [4.78, 5) is 3.95. The van der Waals surface area contributed by atoms with Gasteiger partial charge < -0.3 is 9.52 Å². The van der Waals surface area contributed by atoms with Crippen LogP contribution in [0.2, 0.25) is 5.02 Å². The number of aryl methyl sites for hydroxylation is 1. The predicted molar refractivity (Wildman–Crippen MR) is 82.6 cm³/mol. The second-order valence-corrected chi connectivity index (χ2v) is 5.53. The fraction of sp³-hybridized carbons (Fsp3) is 0.250. The number of furan rings is 1. The van der Waals surface area contributed by atoms with Crippen LogP contribution in [0.15, 0.2) is 47.3 Å². The lowest BCUT2D eigenvalue weighted by atomic mass is 10.0. The maximum atomic E-state index is 10.0. The van der Waals surface area contributed by atoms with Crippen LogP contribution in [0.4, 0.5) is 0 Å². The summed E-state index contributed by atoms with van der Waals surface area (Å²) in [5.74, 6) is 1.36. The van der Waals surface area contributed by atoms with Crippen molar-refractivity contribution in [2.24, 2.45) is 0 Å². The molecular weight excluding hydrogens is 302 g/mol. The number of rotatable bonds is 6. The quantitative estimate of drug-likeness (QED) is 0.731. The van der Waals surface area contributed by atoms with Gasteiger partial charge in [-0.15, -0.1) is 0 Å². The summed E-state index contributed by atoms with van der Waals surface area (Å²) in [5.41, 5.74) is 2.29. The van der Waals surface area contributed by atoms with Gasteiger partial charge in [-0.1, -0.05) is 23.7 Å². The van der Waals surface area contributed by atoms with Crippen molar-refractivity contribution in [2.75, 3.05) is 0 Å². The topological polar surface area (TPSA) is 74.9 Å². The van der Waals surface area contributed by atoms with Crippen molar-refractivity contribution >= 4 is 11.6 Å². The number of aromatic nitrogens is 3. The Bertz CT molecular complexity index is 707. The number of hydrogen-bond acceptors (Lipinski definition) is 4. The minimum Gasteiger partial charge on any atom is -0.469 e. The largest absolute Gasteiger partial charge is 0.469 e. The van der Waals surface area contributed by atoms with E-state index in [-0.39, 0.29) is 0 Å². The Labute approximate surface area is 133 Å². The first-order chi connectivity index (χ1) is 10.7. The SMILES string of the molecule is OC(CCc1occc1Cc1ccc(Cl)cc1)c1ncn[nH]1. The minimum atomic E-state index is -0.670.